The monoisotopic (exact) mass is 264 g/mol. The van der Waals surface area contributed by atoms with Crippen molar-refractivity contribution in [2.45, 2.75) is 32.0 Å². The molecule has 4 rings (SSSR count). The fourth-order valence-corrected chi connectivity index (χ4v) is 3.45. The zero-order valence-corrected chi connectivity index (χ0v) is 11.3. The summed E-state index contributed by atoms with van der Waals surface area (Å²) in [5.74, 6) is 0. The molecule has 1 aromatic heterocycles. The topological polar surface area (TPSA) is 44.9 Å². The molecule has 2 aromatic rings. The van der Waals surface area contributed by atoms with Crippen LogP contribution >= 0.6 is 0 Å². The summed E-state index contributed by atoms with van der Waals surface area (Å²) in [6.45, 7) is 2.83. The van der Waals surface area contributed by atoms with Gasteiger partial charge < -0.3 is 0 Å². The minimum Gasteiger partial charge on any atom is -0.292 e. The summed E-state index contributed by atoms with van der Waals surface area (Å²) in [6, 6.07) is 13.4. The summed E-state index contributed by atoms with van der Waals surface area (Å²) < 4.78 is 1.98. The summed E-state index contributed by atoms with van der Waals surface area (Å²) in [7, 11) is 0. The molecule has 0 N–H and O–H groups in total. The summed E-state index contributed by atoms with van der Waals surface area (Å²) in [4.78, 5) is 2.54. The maximum atomic E-state index is 8.94. The van der Waals surface area contributed by atoms with E-state index >= 15 is 0 Å². The zero-order valence-electron chi connectivity index (χ0n) is 11.3. The van der Waals surface area contributed by atoms with Crippen molar-refractivity contribution < 1.29 is 0 Å². The molecule has 1 aliphatic carbocycles. The number of aromatic nitrogens is 2. The van der Waals surface area contributed by atoms with Gasteiger partial charge in [0.2, 0.25) is 0 Å². The number of rotatable bonds is 1. The molecule has 4 nitrogen and oxygen atoms in total. The average Bonchev–Trinajstić information content (AvgIpc) is 3.09. The van der Waals surface area contributed by atoms with Crippen molar-refractivity contribution in [2.24, 2.45) is 0 Å². The Bertz CT molecular complexity index is 670. The van der Waals surface area contributed by atoms with Crippen molar-refractivity contribution in [3.63, 3.8) is 0 Å². The second-order valence-electron chi connectivity index (χ2n) is 5.66. The molecule has 0 amide bonds. The number of nitriles is 1. The van der Waals surface area contributed by atoms with E-state index < -0.39 is 0 Å². The van der Waals surface area contributed by atoms with Crippen molar-refractivity contribution in [1.29, 1.82) is 5.26 Å². The molecule has 0 unspecified atom stereocenters. The number of hydrogen-bond acceptors (Lipinski definition) is 3. The Morgan fingerprint density at radius 2 is 1.90 bits per heavy atom. The highest BCUT2D eigenvalue weighted by molar-refractivity contribution is 5.33. The largest absolute Gasteiger partial charge is 0.292 e. The van der Waals surface area contributed by atoms with Gasteiger partial charge >= 0.3 is 0 Å². The van der Waals surface area contributed by atoms with Crippen LogP contribution < -0.4 is 0 Å². The van der Waals surface area contributed by atoms with E-state index in [0.29, 0.717) is 11.7 Å². The Labute approximate surface area is 118 Å². The molecule has 0 saturated heterocycles. The van der Waals surface area contributed by atoms with E-state index in [0.717, 1.165) is 32.5 Å². The lowest BCUT2D eigenvalue weighted by Crippen LogP contribution is -2.41. The van der Waals surface area contributed by atoms with E-state index in [4.69, 9.17) is 5.26 Å². The van der Waals surface area contributed by atoms with E-state index in [1.807, 2.05) is 10.7 Å². The maximum Gasteiger partial charge on any atom is 0.162 e. The maximum absolute atomic E-state index is 8.94. The SMILES string of the molecule is N#Cc1cc2n(n1)CCN(C1Cc3ccccc3C1)C2. The fraction of sp³-hybridized carbons (Fsp3) is 0.375. The third-order valence-electron chi connectivity index (χ3n) is 4.49. The Morgan fingerprint density at radius 1 is 1.15 bits per heavy atom. The number of nitrogens with zero attached hydrogens (tertiary/aromatic N) is 4. The average molecular weight is 264 g/mol. The molecular formula is C16H16N4. The first-order chi connectivity index (χ1) is 9.83. The van der Waals surface area contributed by atoms with Crippen LogP contribution in [-0.4, -0.2) is 27.3 Å². The van der Waals surface area contributed by atoms with Gasteiger partial charge in [-0.1, -0.05) is 24.3 Å². The van der Waals surface area contributed by atoms with E-state index in [1.54, 1.807) is 0 Å². The van der Waals surface area contributed by atoms with E-state index in [1.165, 1.54) is 16.8 Å². The molecule has 0 bridgehead atoms. The van der Waals surface area contributed by atoms with Crippen LogP contribution in [0.5, 0.6) is 0 Å². The van der Waals surface area contributed by atoms with Crippen LogP contribution in [-0.2, 0) is 25.9 Å². The highest BCUT2D eigenvalue weighted by Gasteiger charge is 2.29. The first-order valence-corrected chi connectivity index (χ1v) is 7.11. The standard InChI is InChI=1S/C16H16N4/c17-10-14-9-16-11-19(5-6-20(16)18-14)15-7-12-3-1-2-4-13(12)8-15/h1-4,9,15H,5-8,11H2. The predicted octanol–water partition coefficient (Wildman–Crippen LogP) is 1.74. The van der Waals surface area contributed by atoms with Crippen molar-refractivity contribution in [2.75, 3.05) is 6.54 Å². The molecule has 100 valence electrons. The van der Waals surface area contributed by atoms with E-state index in [-0.39, 0.29) is 0 Å². The van der Waals surface area contributed by atoms with Gasteiger partial charge in [-0.25, -0.2) is 0 Å². The highest BCUT2D eigenvalue weighted by Crippen LogP contribution is 2.27. The number of fused-ring (bicyclic) bond motifs is 2. The quantitative estimate of drug-likeness (QED) is 0.788. The molecule has 2 aliphatic rings. The third-order valence-corrected chi connectivity index (χ3v) is 4.49. The van der Waals surface area contributed by atoms with E-state index in [2.05, 4.69) is 40.3 Å². The van der Waals surface area contributed by atoms with Gasteiger partial charge in [-0.15, -0.1) is 0 Å². The van der Waals surface area contributed by atoms with Crippen molar-refractivity contribution >= 4 is 0 Å². The summed E-state index contributed by atoms with van der Waals surface area (Å²) in [5.41, 5.74) is 4.70. The second kappa shape index (κ2) is 4.46. The molecule has 1 aromatic carbocycles. The van der Waals surface area contributed by atoms with Gasteiger partial charge in [0.25, 0.3) is 0 Å². The van der Waals surface area contributed by atoms with E-state index in [9.17, 15) is 0 Å². The summed E-state index contributed by atoms with van der Waals surface area (Å²) >= 11 is 0. The van der Waals surface area contributed by atoms with Crippen LogP contribution in [0.1, 0.15) is 22.5 Å². The van der Waals surface area contributed by atoms with Gasteiger partial charge in [-0.05, 0) is 30.0 Å². The van der Waals surface area contributed by atoms with Crippen LogP contribution in [0.4, 0.5) is 0 Å². The predicted molar refractivity (Wildman–Crippen MR) is 75.0 cm³/mol. The smallest absolute Gasteiger partial charge is 0.162 e. The Hall–Kier alpha value is -2.12. The summed E-state index contributed by atoms with van der Waals surface area (Å²) in [5, 5.41) is 13.2. The molecular weight excluding hydrogens is 248 g/mol. The van der Waals surface area contributed by atoms with Gasteiger partial charge in [0.1, 0.15) is 6.07 Å². The molecule has 0 atom stereocenters. The van der Waals surface area contributed by atoms with Crippen LogP contribution in [0, 0.1) is 11.3 Å². The first-order valence-electron chi connectivity index (χ1n) is 7.11. The zero-order chi connectivity index (χ0) is 13.5. The minimum atomic E-state index is 0.538. The molecule has 0 fully saturated rings. The number of benzene rings is 1. The molecule has 2 heterocycles. The lowest BCUT2D eigenvalue weighted by molar-refractivity contribution is 0.154. The minimum absolute atomic E-state index is 0.538. The van der Waals surface area contributed by atoms with Crippen LogP contribution in [0.15, 0.2) is 30.3 Å². The van der Waals surface area contributed by atoms with Crippen molar-refractivity contribution in [3.8, 4) is 6.07 Å². The lowest BCUT2D eigenvalue weighted by atomic mass is 10.1. The van der Waals surface area contributed by atoms with Crippen molar-refractivity contribution in [3.05, 3.63) is 52.8 Å². The fourth-order valence-electron chi connectivity index (χ4n) is 3.45. The number of hydrogen-bond donors (Lipinski definition) is 0. The highest BCUT2D eigenvalue weighted by atomic mass is 15.3. The van der Waals surface area contributed by atoms with Gasteiger partial charge in [0, 0.05) is 19.1 Å². The Kier molecular flexibility index (Phi) is 2.61. The molecule has 0 radical (unpaired) electrons. The van der Waals surface area contributed by atoms with Crippen LogP contribution in [0.3, 0.4) is 0 Å². The Morgan fingerprint density at radius 3 is 2.60 bits per heavy atom. The third kappa shape index (κ3) is 1.83. The van der Waals surface area contributed by atoms with Gasteiger partial charge in [-0.2, -0.15) is 10.4 Å². The summed E-state index contributed by atoms with van der Waals surface area (Å²) in [6.07, 6.45) is 2.30. The normalized spacial score (nSPS) is 18.6. The molecule has 4 heteroatoms. The van der Waals surface area contributed by atoms with Crippen molar-refractivity contribution in [1.82, 2.24) is 14.7 Å². The van der Waals surface area contributed by atoms with Gasteiger partial charge in [0.15, 0.2) is 5.69 Å². The van der Waals surface area contributed by atoms with Crippen LogP contribution in [0.2, 0.25) is 0 Å². The molecule has 0 saturated carbocycles. The molecule has 0 spiro atoms. The lowest BCUT2D eigenvalue weighted by Gasteiger charge is -2.32. The second-order valence-corrected chi connectivity index (χ2v) is 5.66. The van der Waals surface area contributed by atoms with Gasteiger partial charge in [-0.3, -0.25) is 9.58 Å². The molecule has 20 heavy (non-hydrogen) atoms. The first kappa shape index (κ1) is 11.7. The van der Waals surface area contributed by atoms with Crippen LogP contribution in [0.25, 0.3) is 0 Å². The van der Waals surface area contributed by atoms with Gasteiger partial charge in [0.05, 0.1) is 12.2 Å². The Balaban J connectivity index is 1.54. The molecule has 1 aliphatic heterocycles.